The van der Waals surface area contributed by atoms with Crippen molar-refractivity contribution in [3.63, 3.8) is 0 Å². The van der Waals surface area contributed by atoms with Crippen molar-refractivity contribution in [3.8, 4) is 0 Å². The summed E-state index contributed by atoms with van der Waals surface area (Å²) < 4.78 is 13.0. The number of nitrogens with one attached hydrogen (secondary N) is 1. The van der Waals surface area contributed by atoms with Crippen LogP contribution in [0.2, 0.25) is 0 Å². The molecule has 1 amide bonds. The number of nitrogens with zero attached hydrogens (tertiary/aromatic N) is 2. The van der Waals surface area contributed by atoms with Crippen LogP contribution in [0.4, 0.5) is 15.8 Å². The quantitative estimate of drug-likeness (QED) is 0.838. The number of benzene rings is 2. The summed E-state index contributed by atoms with van der Waals surface area (Å²) in [4.78, 5) is 29.4. The van der Waals surface area contributed by atoms with E-state index in [1.54, 1.807) is 29.2 Å². The predicted molar refractivity (Wildman–Crippen MR) is 92.4 cm³/mol. The lowest BCUT2D eigenvalue weighted by Gasteiger charge is -2.35. The Morgan fingerprint density at radius 3 is 2.36 bits per heavy atom. The minimum Gasteiger partial charge on any atom is -0.360 e. The van der Waals surface area contributed by atoms with Gasteiger partial charge in [0, 0.05) is 5.69 Å². The highest BCUT2D eigenvalue weighted by Gasteiger charge is 2.38. The number of amides is 1. The first-order chi connectivity index (χ1) is 12.1. The van der Waals surface area contributed by atoms with Crippen LogP contribution < -0.4 is 14.7 Å². The molecule has 1 saturated heterocycles. The van der Waals surface area contributed by atoms with Gasteiger partial charge in [-0.1, -0.05) is 12.1 Å². The highest BCUT2D eigenvalue weighted by Crippen LogP contribution is 2.27. The Hall–Kier alpha value is -2.73. The van der Waals surface area contributed by atoms with Crippen LogP contribution in [-0.2, 0) is 4.79 Å². The number of anilines is 2. The molecule has 0 unspecified atom stereocenters. The van der Waals surface area contributed by atoms with Crippen molar-refractivity contribution >= 4 is 23.1 Å². The van der Waals surface area contributed by atoms with Crippen LogP contribution in [0.3, 0.4) is 0 Å². The Morgan fingerprint density at radius 2 is 1.64 bits per heavy atom. The smallest absolute Gasteiger partial charge is 0.303 e. The molecule has 1 N–H and O–H groups in total. The summed E-state index contributed by atoms with van der Waals surface area (Å²) in [5.74, 6) is -1.08. The number of quaternary nitrogens is 1. The molecule has 0 bridgehead atoms. The summed E-state index contributed by atoms with van der Waals surface area (Å²) in [5, 5.41) is 0. The largest absolute Gasteiger partial charge is 0.360 e. The highest BCUT2D eigenvalue weighted by atomic mass is 19.1. The van der Waals surface area contributed by atoms with Gasteiger partial charge in [-0.2, -0.15) is 0 Å². The number of piperazine rings is 1. The van der Waals surface area contributed by atoms with E-state index < -0.39 is 11.7 Å². The van der Waals surface area contributed by atoms with Gasteiger partial charge in [0.25, 0.3) is 5.78 Å². The number of rotatable bonds is 3. The van der Waals surface area contributed by atoms with E-state index in [1.807, 2.05) is 12.1 Å². The molecular formula is C19H19FN3O2+. The lowest BCUT2D eigenvalue weighted by molar-refractivity contribution is -0.899. The summed E-state index contributed by atoms with van der Waals surface area (Å²) in [6.07, 6.45) is 0. The summed E-state index contributed by atoms with van der Waals surface area (Å²) in [6.45, 7) is 3.88. The maximum absolute atomic E-state index is 13.0. The molecule has 2 aromatic rings. The molecule has 0 atom stereocenters. The molecule has 0 aromatic heterocycles. The number of halogens is 1. The number of carbonyl (C=O) groups is 2. The van der Waals surface area contributed by atoms with E-state index in [4.69, 9.17) is 0 Å². The molecular weight excluding hydrogens is 321 g/mol. The van der Waals surface area contributed by atoms with Crippen molar-refractivity contribution in [2.24, 2.45) is 0 Å². The third kappa shape index (κ3) is 2.89. The molecule has 0 aliphatic carbocycles. The fourth-order valence-electron chi connectivity index (χ4n) is 3.52. The Morgan fingerprint density at radius 1 is 0.960 bits per heavy atom. The highest BCUT2D eigenvalue weighted by molar-refractivity contribution is 6.52. The summed E-state index contributed by atoms with van der Waals surface area (Å²) in [5.41, 5.74) is 2.22. The average molecular weight is 340 g/mol. The molecule has 5 nitrogen and oxygen atoms in total. The summed E-state index contributed by atoms with van der Waals surface area (Å²) in [7, 11) is 0. The van der Waals surface area contributed by atoms with Gasteiger partial charge in [0.1, 0.15) is 5.82 Å². The van der Waals surface area contributed by atoms with Gasteiger partial charge in [-0.15, -0.1) is 0 Å². The molecule has 2 heterocycles. The normalized spacial score (nSPS) is 18.0. The van der Waals surface area contributed by atoms with E-state index in [0.29, 0.717) is 17.9 Å². The second-order valence-corrected chi connectivity index (χ2v) is 6.45. The van der Waals surface area contributed by atoms with Gasteiger partial charge in [-0.3, -0.25) is 14.5 Å². The molecule has 4 rings (SSSR count). The number of Topliss-reactive ketones (excluding diaryl/α,β-unsaturated/α-hetero) is 1. The lowest BCUT2D eigenvalue weighted by Crippen LogP contribution is -3.16. The average Bonchev–Trinajstić information content (AvgIpc) is 2.88. The first-order valence-electron chi connectivity index (χ1n) is 8.43. The number of hydrogen-bond acceptors (Lipinski definition) is 3. The number of hydrogen-bond donors (Lipinski definition) is 1. The Balaban J connectivity index is 1.41. The molecule has 2 aliphatic rings. The second kappa shape index (κ2) is 6.29. The van der Waals surface area contributed by atoms with Crippen molar-refractivity contribution in [1.82, 2.24) is 0 Å². The summed E-state index contributed by atoms with van der Waals surface area (Å²) in [6, 6.07) is 13.7. The molecule has 0 spiro atoms. The van der Waals surface area contributed by atoms with Gasteiger partial charge < -0.3 is 9.80 Å². The maximum atomic E-state index is 13.0. The van der Waals surface area contributed by atoms with E-state index in [9.17, 15) is 14.0 Å². The third-order valence-electron chi connectivity index (χ3n) is 4.92. The Bertz CT molecular complexity index is 814. The van der Waals surface area contributed by atoms with Crippen molar-refractivity contribution in [2.45, 2.75) is 0 Å². The van der Waals surface area contributed by atoms with Crippen LogP contribution in [0.25, 0.3) is 0 Å². The SMILES string of the molecule is O=C1C(=O)N(C[NH+]2CCN(c3ccc(F)cc3)CC2)c2ccccc21. The second-order valence-electron chi connectivity index (χ2n) is 6.45. The molecule has 1 fully saturated rings. The van der Waals surface area contributed by atoms with Crippen molar-refractivity contribution in [2.75, 3.05) is 42.6 Å². The first kappa shape index (κ1) is 15.8. The monoisotopic (exact) mass is 340 g/mol. The first-order valence-corrected chi connectivity index (χ1v) is 8.43. The topological polar surface area (TPSA) is 45.1 Å². The molecule has 128 valence electrons. The van der Waals surface area contributed by atoms with Crippen molar-refractivity contribution < 1.29 is 18.9 Å². The van der Waals surface area contributed by atoms with E-state index in [0.717, 1.165) is 31.9 Å². The van der Waals surface area contributed by atoms with Crippen LogP contribution in [0.5, 0.6) is 0 Å². The third-order valence-corrected chi connectivity index (χ3v) is 4.92. The van der Waals surface area contributed by atoms with Gasteiger partial charge in [0.15, 0.2) is 6.67 Å². The van der Waals surface area contributed by atoms with Gasteiger partial charge in [-0.05, 0) is 36.4 Å². The van der Waals surface area contributed by atoms with Crippen LogP contribution in [-0.4, -0.2) is 44.5 Å². The fraction of sp³-hybridized carbons (Fsp3) is 0.263. The Kier molecular flexibility index (Phi) is 3.97. The van der Waals surface area contributed by atoms with Gasteiger partial charge >= 0.3 is 5.91 Å². The lowest BCUT2D eigenvalue weighted by atomic mass is 10.1. The van der Waals surface area contributed by atoms with Crippen molar-refractivity contribution in [3.05, 3.63) is 59.9 Å². The maximum Gasteiger partial charge on any atom is 0.303 e. The molecule has 2 aromatic carbocycles. The standard InChI is InChI=1S/C19H18FN3O2/c20-14-5-7-15(8-6-14)22-11-9-21(10-12-22)13-23-17-4-2-1-3-16(17)18(24)19(23)25/h1-8H,9-13H2/p+1. The van der Waals surface area contributed by atoms with E-state index in [-0.39, 0.29) is 5.82 Å². The van der Waals surface area contributed by atoms with E-state index >= 15 is 0 Å². The fourth-order valence-corrected chi connectivity index (χ4v) is 3.52. The van der Waals surface area contributed by atoms with Gasteiger partial charge in [-0.25, -0.2) is 4.39 Å². The van der Waals surface area contributed by atoms with Crippen molar-refractivity contribution in [1.29, 1.82) is 0 Å². The van der Waals surface area contributed by atoms with E-state index in [2.05, 4.69) is 4.90 Å². The molecule has 6 heteroatoms. The minimum atomic E-state index is -0.435. The van der Waals surface area contributed by atoms with Crippen LogP contribution >= 0.6 is 0 Å². The number of para-hydroxylation sites is 1. The van der Waals surface area contributed by atoms with E-state index in [1.165, 1.54) is 17.0 Å². The zero-order chi connectivity index (χ0) is 17.4. The van der Waals surface area contributed by atoms with Gasteiger partial charge in [0.05, 0.1) is 37.4 Å². The summed E-state index contributed by atoms with van der Waals surface area (Å²) >= 11 is 0. The molecule has 0 radical (unpaired) electrons. The van der Waals surface area contributed by atoms with Crippen LogP contribution in [0, 0.1) is 5.82 Å². The van der Waals surface area contributed by atoms with Crippen LogP contribution in [0.1, 0.15) is 10.4 Å². The molecule has 2 aliphatic heterocycles. The van der Waals surface area contributed by atoms with Crippen LogP contribution in [0.15, 0.2) is 48.5 Å². The predicted octanol–water partition coefficient (Wildman–Crippen LogP) is 0.718. The Labute approximate surface area is 145 Å². The zero-order valence-corrected chi connectivity index (χ0v) is 13.7. The minimum absolute atomic E-state index is 0.233. The zero-order valence-electron chi connectivity index (χ0n) is 13.7. The molecule has 0 saturated carbocycles. The number of ketones is 1. The molecule has 25 heavy (non-hydrogen) atoms. The van der Waals surface area contributed by atoms with Gasteiger partial charge in [0.2, 0.25) is 0 Å². The number of fused-ring (bicyclic) bond motifs is 1. The number of carbonyl (C=O) groups excluding carboxylic acids is 2.